The maximum atomic E-state index is 11.1. The number of nitrogens with zero attached hydrogens (tertiary/aromatic N) is 3. The van der Waals surface area contributed by atoms with Crippen LogP contribution in [-0.4, -0.2) is 39.0 Å². The Morgan fingerprint density at radius 2 is 2.14 bits per heavy atom. The van der Waals surface area contributed by atoms with E-state index in [4.69, 9.17) is 14.3 Å². The van der Waals surface area contributed by atoms with Crippen LogP contribution in [0.15, 0.2) is 47.0 Å². The molecule has 0 unspecified atom stereocenters. The molecule has 0 bridgehead atoms. The average molecular weight is 409 g/mol. The molecule has 0 amide bonds. The smallest absolute Gasteiger partial charge is 0.306 e. The number of thiazole rings is 1. The Morgan fingerprint density at radius 1 is 1.28 bits per heavy atom. The molecule has 1 aliphatic heterocycles. The fraction of sp³-hybridized carbons (Fsp3) is 0.286. The van der Waals surface area contributed by atoms with Crippen LogP contribution in [-0.2, 0) is 11.3 Å². The van der Waals surface area contributed by atoms with Crippen LogP contribution in [0.2, 0.25) is 0 Å². The second kappa shape index (κ2) is 7.46. The number of hydrogen-bond donors (Lipinski definition) is 1. The highest BCUT2D eigenvalue weighted by Gasteiger charge is 2.25. The van der Waals surface area contributed by atoms with Crippen molar-refractivity contribution in [1.29, 1.82) is 0 Å². The number of pyridine rings is 1. The highest BCUT2D eigenvalue weighted by Crippen LogP contribution is 2.32. The molecule has 1 aliphatic rings. The molecule has 0 saturated carbocycles. The Balaban J connectivity index is 1.29. The van der Waals surface area contributed by atoms with E-state index >= 15 is 0 Å². The average Bonchev–Trinajstić information content (AvgIpc) is 3.30. The fourth-order valence-electron chi connectivity index (χ4n) is 3.67. The zero-order valence-electron chi connectivity index (χ0n) is 15.6. The minimum atomic E-state index is -0.690. The summed E-state index contributed by atoms with van der Waals surface area (Å²) in [6.07, 6.45) is 3.09. The van der Waals surface area contributed by atoms with Crippen molar-refractivity contribution in [3.05, 3.63) is 48.4 Å². The normalized spacial score (nSPS) is 15.9. The van der Waals surface area contributed by atoms with Crippen LogP contribution in [0.25, 0.3) is 21.3 Å². The third-order valence-electron chi connectivity index (χ3n) is 5.21. The van der Waals surface area contributed by atoms with Crippen molar-refractivity contribution in [3.8, 4) is 10.9 Å². The predicted molar refractivity (Wildman–Crippen MR) is 109 cm³/mol. The maximum Gasteiger partial charge on any atom is 0.306 e. The number of piperidine rings is 1. The van der Waals surface area contributed by atoms with E-state index in [0.29, 0.717) is 36.0 Å². The molecule has 3 aromatic heterocycles. The molecule has 0 radical (unpaired) electrons. The van der Waals surface area contributed by atoms with Crippen LogP contribution in [0.4, 0.5) is 0 Å². The summed E-state index contributed by atoms with van der Waals surface area (Å²) in [6.45, 7) is 2.22. The van der Waals surface area contributed by atoms with Gasteiger partial charge in [-0.3, -0.25) is 9.69 Å². The van der Waals surface area contributed by atoms with E-state index in [9.17, 15) is 4.79 Å². The summed E-state index contributed by atoms with van der Waals surface area (Å²) in [5.74, 6) is 0.658. The van der Waals surface area contributed by atoms with Gasteiger partial charge in [0.2, 0.25) is 0 Å². The number of carboxylic acid groups (broad SMARTS) is 1. The van der Waals surface area contributed by atoms with Crippen molar-refractivity contribution < 1.29 is 19.1 Å². The van der Waals surface area contributed by atoms with E-state index in [1.807, 2.05) is 36.4 Å². The first-order valence-electron chi connectivity index (χ1n) is 9.51. The number of carbonyl (C=O) groups is 1. The molecule has 1 aromatic carbocycles. The lowest BCUT2D eigenvalue weighted by atomic mass is 9.97. The number of likely N-dealkylation sites (tertiary alicyclic amines) is 1. The molecule has 0 atom stereocenters. The lowest BCUT2D eigenvalue weighted by Gasteiger charge is -2.29. The number of carboxylic acids is 1. The van der Waals surface area contributed by atoms with E-state index in [-0.39, 0.29) is 5.92 Å². The number of furan rings is 1. The van der Waals surface area contributed by atoms with Gasteiger partial charge in [0.1, 0.15) is 17.1 Å². The summed E-state index contributed by atoms with van der Waals surface area (Å²) in [5, 5.41) is 10.7. The predicted octanol–water partition coefficient (Wildman–Crippen LogP) is 4.53. The first-order valence-corrected chi connectivity index (χ1v) is 10.3. The Labute approximate surface area is 170 Å². The number of hydrogen-bond acceptors (Lipinski definition) is 7. The summed E-state index contributed by atoms with van der Waals surface area (Å²) in [7, 11) is 0. The number of aliphatic carboxylic acids is 1. The minimum Gasteiger partial charge on any atom is -0.481 e. The molecule has 5 rings (SSSR count). The zero-order chi connectivity index (χ0) is 19.8. The maximum absolute atomic E-state index is 11.1. The summed E-state index contributed by atoms with van der Waals surface area (Å²) in [4.78, 5) is 22.0. The van der Waals surface area contributed by atoms with Gasteiger partial charge in [0.15, 0.2) is 5.65 Å². The zero-order valence-corrected chi connectivity index (χ0v) is 16.4. The number of fused-ring (bicyclic) bond motifs is 2. The topological polar surface area (TPSA) is 88.7 Å². The Bertz CT molecular complexity index is 1140. The van der Waals surface area contributed by atoms with Gasteiger partial charge in [0.05, 0.1) is 17.2 Å². The molecule has 7 nitrogen and oxygen atoms in total. The van der Waals surface area contributed by atoms with Gasteiger partial charge in [-0.1, -0.05) is 11.3 Å². The van der Waals surface area contributed by atoms with Crippen molar-refractivity contribution >= 4 is 38.6 Å². The summed E-state index contributed by atoms with van der Waals surface area (Å²) in [5.41, 5.74) is 1.49. The molecule has 4 heterocycles. The van der Waals surface area contributed by atoms with Gasteiger partial charge in [0.25, 0.3) is 5.19 Å². The molecule has 0 aliphatic carbocycles. The second-order valence-corrected chi connectivity index (χ2v) is 8.20. The molecular weight excluding hydrogens is 390 g/mol. The second-order valence-electron chi connectivity index (χ2n) is 7.21. The van der Waals surface area contributed by atoms with Gasteiger partial charge in [-0.2, -0.15) is 4.98 Å². The van der Waals surface area contributed by atoms with E-state index in [1.54, 1.807) is 6.20 Å². The SMILES string of the molecule is O=C(O)C1CCN(Cc2cc3cc(Oc4nc5ncccc5s4)ccc3o2)CC1. The van der Waals surface area contributed by atoms with E-state index in [1.165, 1.54) is 11.3 Å². The minimum absolute atomic E-state index is 0.223. The van der Waals surface area contributed by atoms with Crippen LogP contribution < -0.4 is 4.74 Å². The Hall–Kier alpha value is -2.97. The molecule has 148 valence electrons. The van der Waals surface area contributed by atoms with Crippen LogP contribution in [0.3, 0.4) is 0 Å². The highest BCUT2D eigenvalue weighted by atomic mass is 32.1. The molecule has 1 N–H and O–H groups in total. The molecule has 4 aromatic rings. The Kier molecular flexibility index (Phi) is 4.65. The van der Waals surface area contributed by atoms with Crippen molar-refractivity contribution in [2.24, 2.45) is 5.92 Å². The van der Waals surface area contributed by atoms with Crippen molar-refractivity contribution in [1.82, 2.24) is 14.9 Å². The van der Waals surface area contributed by atoms with Crippen LogP contribution in [0.1, 0.15) is 18.6 Å². The van der Waals surface area contributed by atoms with E-state index < -0.39 is 5.97 Å². The number of rotatable bonds is 5. The molecule has 0 spiro atoms. The quantitative estimate of drug-likeness (QED) is 0.518. The Morgan fingerprint density at radius 3 is 2.93 bits per heavy atom. The van der Waals surface area contributed by atoms with Crippen molar-refractivity contribution in [2.75, 3.05) is 13.1 Å². The van der Waals surface area contributed by atoms with Gasteiger partial charge < -0.3 is 14.3 Å². The third-order valence-corrected chi connectivity index (χ3v) is 6.09. The largest absolute Gasteiger partial charge is 0.481 e. The summed E-state index contributed by atoms with van der Waals surface area (Å²) < 4.78 is 12.9. The van der Waals surface area contributed by atoms with Crippen LogP contribution in [0, 0.1) is 5.92 Å². The fourth-order valence-corrected chi connectivity index (χ4v) is 4.46. The van der Waals surface area contributed by atoms with Crippen molar-refractivity contribution in [3.63, 3.8) is 0 Å². The lowest BCUT2D eigenvalue weighted by molar-refractivity contribution is -0.143. The number of aromatic nitrogens is 2. The van der Waals surface area contributed by atoms with Gasteiger partial charge >= 0.3 is 5.97 Å². The lowest BCUT2D eigenvalue weighted by Crippen LogP contribution is -2.35. The summed E-state index contributed by atoms with van der Waals surface area (Å²) in [6, 6.07) is 11.6. The van der Waals surface area contributed by atoms with E-state index in [0.717, 1.165) is 34.5 Å². The summed E-state index contributed by atoms with van der Waals surface area (Å²) >= 11 is 1.46. The highest BCUT2D eigenvalue weighted by molar-refractivity contribution is 7.20. The van der Waals surface area contributed by atoms with Crippen LogP contribution >= 0.6 is 11.3 Å². The van der Waals surface area contributed by atoms with E-state index in [2.05, 4.69) is 14.9 Å². The van der Waals surface area contributed by atoms with Gasteiger partial charge in [-0.15, -0.1) is 0 Å². The first-order chi connectivity index (χ1) is 14.1. The number of benzene rings is 1. The standard InChI is InChI=1S/C21H19N3O4S/c25-20(26)13-5-8-24(9-6-13)12-16-11-14-10-15(3-4-17(14)27-16)28-21-23-19-18(29-21)2-1-7-22-19/h1-4,7,10-11,13H,5-6,8-9,12H2,(H,25,26). The first kappa shape index (κ1) is 18.1. The molecule has 8 heteroatoms. The monoisotopic (exact) mass is 409 g/mol. The van der Waals surface area contributed by atoms with Crippen LogP contribution in [0.5, 0.6) is 10.9 Å². The third kappa shape index (κ3) is 3.81. The van der Waals surface area contributed by atoms with Crippen molar-refractivity contribution in [2.45, 2.75) is 19.4 Å². The molecule has 1 saturated heterocycles. The number of ether oxygens (including phenoxy) is 1. The molecule has 29 heavy (non-hydrogen) atoms. The van der Waals surface area contributed by atoms with Gasteiger partial charge in [0, 0.05) is 11.6 Å². The molecular formula is C21H19N3O4S. The van der Waals surface area contributed by atoms with Gasteiger partial charge in [-0.05, 0) is 62.3 Å². The molecule has 1 fully saturated rings. The van der Waals surface area contributed by atoms with Gasteiger partial charge in [-0.25, -0.2) is 4.98 Å².